The highest BCUT2D eigenvalue weighted by Crippen LogP contribution is 2.19. The predicted octanol–water partition coefficient (Wildman–Crippen LogP) is 2.43. The molecule has 0 saturated heterocycles. The van der Waals surface area contributed by atoms with Crippen molar-refractivity contribution in [2.24, 2.45) is 0 Å². The second-order valence-electron chi connectivity index (χ2n) is 4.13. The highest BCUT2D eigenvalue weighted by atomic mass is 79.9. The summed E-state index contributed by atoms with van der Waals surface area (Å²) in [6.07, 6.45) is 0. The maximum Gasteiger partial charge on any atom is 0.255 e. The molecule has 2 N–H and O–H groups in total. The summed E-state index contributed by atoms with van der Waals surface area (Å²) in [6.45, 7) is 3.67. The second kappa shape index (κ2) is 4.82. The fourth-order valence-electron chi connectivity index (χ4n) is 1.10. The van der Waals surface area contributed by atoms with E-state index in [-0.39, 0.29) is 11.3 Å². The van der Waals surface area contributed by atoms with E-state index in [1.165, 1.54) is 6.07 Å². The van der Waals surface area contributed by atoms with Gasteiger partial charge in [-0.15, -0.1) is 0 Å². The van der Waals surface area contributed by atoms with Gasteiger partial charge < -0.3 is 10.4 Å². The summed E-state index contributed by atoms with van der Waals surface area (Å²) in [7, 11) is 0. The van der Waals surface area contributed by atoms with Gasteiger partial charge in [-0.3, -0.25) is 4.79 Å². The van der Waals surface area contributed by atoms with Crippen molar-refractivity contribution in [2.45, 2.75) is 19.4 Å². The van der Waals surface area contributed by atoms with Gasteiger partial charge in [-0.05, 0) is 26.0 Å². The van der Waals surface area contributed by atoms with Gasteiger partial charge in [0.05, 0.1) is 5.56 Å². The van der Waals surface area contributed by atoms with Crippen LogP contribution in [0.5, 0.6) is 5.75 Å². The number of hydrogen-bond acceptors (Lipinski definition) is 2. The van der Waals surface area contributed by atoms with Gasteiger partial charge in [0.15, 0.2) is 0 Å². The Labute approximate surface area is 102 Å². The van der Waals surface area contributed by atoms with Gasteiger partial charge in [0, 0.05) is 16.9 Å². The third kappa shape index (κ3) is 3.20. The Morgan fingerprint density at radius 2 is 2.19 bits per heavy atom. The van der Waals surface area contributed by atoms with Crippen LogP contribution in [0.2, 0.25) is 0 Å². The molecule has 0 spiro atoms. The predicted molar refractivity (Wildman–Crippen MR) is 63.4 cm³/mol. The number of halogens is 2. The van der Waals surface area contributed by atoms with Crippen molar-refractivity contribution >= 4 is 21.8 Å². The van der Waals surface area contributed by atoms with E-state index in [4.69, 9.17) is 0 Å². The van der Waals surface area contributed by atoms with E-state index in [9.17, 15) is 14.3 Å². The Kier molecular flexibility index (Phi) is 3.91. The van der Waals surface area contributed by atoms with Crippen LogP contribution in [-0.4, -0.2) is 21.9 Å². The molecule has 88 valence electrons. The molecule has 1 rings (SSSR count). The Hall–Kier alpha value is -1.10. The average Bonchev–Trinajstić information content (AvgIpc) is 2.16. The summed E-state index contributed by atoms with van der Waals surface area (Å²) >= 11 is 3.26. The number of benzene rings is 1. The van der Waals surface area contributed by atoms with Crippen molar-refractivity contribution in [1.29, 1.82) is 0 Å². The molecule has 0 radical (unpaired) electrons. The first kappa shape index (κ1) is 13.0. The molecule has 0 unspecified atom stereocenters. The number of rotatable bonds is 3. The van der Waals surface area contributed by atoms with Crippen molar-refractivity contribution in [3.8, 4) is 5.75 Å². The Balaban J connectivity index is 2.89. The Morgan fingerprint density at radius 1 is 1.56 bits per heavy atom. The van der Waals surface area contributed by atoms with Crippen LogP contribution in [0.4, 0.5) is 4.39 Å². The molecule has 0 aliphatic heterocycles. The van der Waals surface area contributed by atoms with Gasteiger partial charge >= 0.3 is 0 Å². The fourth-order valence-corrected chi connectivity index (χ4v) is 1.25. The Bertz CT molecular complexity index is 407. The number of alkyl halides is 1. The average molecular weight is 290 g/mol. The normalized spacial score (nSPS) is 11.2. The molecule has 5 heteroatoms. The summed E-state index contributed by atoms with van der Waals surface area (Å²) in [5.41, 5.74) is -0.367. The lowest BCUT2D eigenvalue weighted by atomic mass is 10.1. The fraction of sp³-hybridized carbons (Fsp3) is 0.364. The quantitative estimate of drug-likeness (QED) is 0.840. The summed E-state index contributed by atoms with van der Waals surface area (Å²) in [6, 6.07) is 3.30. The van der Waals surface area contributed by atoms with E-state index in [2.05, 4.69) is 21.2 Å². The van der Waals surface area contributed by atoms with Crippen molar-refractivity contribution in [3.05, 3.63) is 29.6 Å². The first-order valence-corrected chi connectivity index (χ1v) is 5.85. The molecule has 0 aliphatic rings. The molecule has 1 aromatic rings. The van der Waals surface area contributed by atoms with Crippen molar-refractivity contribution in [3.63, 3.8) is 0 Å². The largest absolute Gasteiger partial charge is 0.507 e. The molecular weight excluding hydrogens is 277 g/mol. The lowest BCUT2D eigenvalue weighted by molar-refractivity contribution is 0.0918. The van der Waals surface area contributed by atoms with Gasteiger partial charge in [-0.25, -0.2) is 4.39 Å². The monoisotopic (exact) mass is 289 g/mol. The molecule has 0 fully saturated rings. The van der Waals surface area contributed by atoms with Gasteiger partial charge in [0.2, 0.25) is 0 Å². The number of carbonyl (C=O) groups excluding carboxylic acids is 1. The first-order chi connectivity index (χ1) is 7.35. The SMILES string of the molecule is CC(C)(CBr)NC(=O)c1ccc(F)cc1O. The summed E-state index contributed by atoms with van der Waals surface area (Å²) in [5, 5.41) is 12.7. The van der Waals surface area contributed by atoms with E-state index in [1.54, 1.807) is 0 Å². The number of amides is 1. The molecule has 0 aliphatic carbocycles. The topological polar surface area (TPSA) is 49.3 Å². The van der Waals surface area contributed by atoms with Crippen LogP contribution >= 0.6 is 15.9 Å². The molecule has 0 atom stereocenters. The number of carbonyl (C=O) groups is 1. The standard InChI is InChI=1S/C11H13BrFNO2/c1-11(2,6-12)14-10(16)8-4-3-7(13)5-9(8)15/h3-5,15H,6H2,1-2H3,(H,14,16). The molecule has 0 saturated carbocycles. The summed E-state index contributed by atoms with van der Waals surface area (Å²) < 4.78 is 12.7. The minimum atomic E-state index is -0.575. The van der Waals surface area contributed by atoms with E-state index in [0.29, 0.717) is 5.33 Å². The van der Waals surface area contributed by atoms with E-state index in [0.717, 1.165) is 12.1 Å². The van der Waals surface area contributed by atoms with Gasteiger partial charge in [0.1, 0.15) is 11.6 Å². The Morgan fingerprint density at radius 3 is 2.69 bits per heavy atom. The van der Waals surface area contributed by atoms with E-state index >= 15 is 0 Å². The lowest BCUT2D eigenvalue weighted by Crippen LogP contribution is -2.44. The van der Waals surface area contributed by atoms with Crippen LogP contribution in [0, 0.1) is 5.82 Å². The smallest absolute Gasteiger partial charge is 0.255 e. The molecule has 0 heterocycles. The van der Waals surface area contributed by atoms with E-state index in [1.807, 2.05) is 13.8 Å². The minimum absolute atomic E-state index is 0.0652. The number of hydrogen-bond donors (Lipinski definition) is 2. The van der Waals surface area contributed by atoms with Crippen LogP contribution < -0.4 is 5.32 Å². The zero-order valence-electron chi connectivity index (χ0n) is 9.05. The summed E-state index contributed by atoms with van der Waals surface area (Å²) in [4.78, 5) is 11.7. The molecule has 1 aromatic carbocycles. The van der Waals surface area contributed by atoms with Crippen molar-refractivity contribution < 1.29 is 14.3 Å². The van der Waals surface area contributed by atoms with Gasteiger partial charge in [0.25, 0.3) is 5.91 Å². The molecule has 3 nitrogen and oxygen atoms in total. The maximum atomic E-state index is 12.7. The zero-order valence-corrected chi connectivity index (χ0v) is 10.6. The van der Waals surface area contributed by atoms with Gasteiger partial charge in [-0.2, -0.15) is 0 Å². The molecule has 0 bridgehead atoms. The highest BCUT2D eigenvalue weighted by Gasteiger charge is 2.21. The molecule has 1 amide bonds. The van der Waals surface area contributed by atoms with E-state index < -0.39 is 17.3 Å². The van der Waals surface area contributed by atoms with Crippen LogP contribution in [0.25, 0.3) is 0 Å². The summed E-state index contributed by atoms with van der Waals surface area (Å²) in [5.74, 6) is -1.36. The van der Waals surface area contributed by atoms with Crippen LogP contribution in [0.1, 0.15) is 24.2 Å². The van der Waals surface area contributed by atoms with Crippen LogP contribution in [0.3, 0.4) is 0 Å². The van der Waals surface area contributed by atoms with Crippen molar-refractivity contribution in [1.82, 2.24) is 5.32 Å². The third-order valence-electron chi connectivity index (χ3n) is 1.99. The molecule has 16 heavy (non-hydrogen) atoms. The number of nitrogens with one attached hydrogen (secondary N) is 1. The maximum absolute atomic E-state index is 12.7. The van der Waals surface area contributed by atoms with Crippen molar-refractivity contribution in [2.75, 3.05) is 5.33 Å². The van der Waals surface area contributed by atoms with Gasteiger partial charge in [-0.1, -0.05) is 15.9 Å². The lowest BCUT2D eigenvalue weighted by Gasteiger charge is -2.23. The van der Waals surface area contributed by atoms with Crippen LogP contribution in [-0.2, 0) is 0 Å². The molecular formula is C11H13BrFNO2. The zero-order chi connectivity index (χ0) is 12.3. The second-order valence-corrected chi connectivity index (χ2v) is 4.69. The molecule has 0 aromatic heterocycles. The number of phenols is 1. The highest BCUT2D eigenvalue weighted by molar-refractivity contribution is 9.09. The number of phenolic OH excluding ortho intramolecular Hbond substituents is 1. The third-order valence-corrected chi connectivity index (χ3v) is 3.39. The minimum Gasteiger partial charge on any atom is -0.507 e. The number of aromatic hydroxyl groups is 1. The van der Waals surface area contributed by atoms with Crippen LogP contribution in [0.15, 0.2) is 18.2 Å². The first-order valence-electron chi connectivity index (χ1n) is 4.73.